The number of nitrogens with one attached hydrogen (secondary N) is 1. The Balaban J connectivity index is 1.71. The van der Waals surface area contributed by atoms with E-state index in [-0.39, 0.29) is 22.1 Å². The van der Waals surface area contributed by atoms with Gasteiger partial charge < -0.3 is 9.84 Å². The van der Waals surface area contributed by atoms with E-state index in [4.69, 9.17) is 4.74 Å². The molecule has 39 heavy (non-hydrogen) atoms. The number of hydrogen-bond donors (Lipinski definition) is 2. The zero-order valence-corrected chi connectivity index (χ0v) is 22.3. The predicted octanol–water partition coefficient (Wildman–Crippen LogP) is 2.54. The Morgan fingerprint density at radius 3 is 2.36 bits per heavy atom. The van der Waals surface area contributed by atoms with Gasteiger partial charge in [0.05, 0.1) is 29.6 Å². The van der Waals surface area contributed by atoms with Crippen molar-refractivity contribution in [1.82, 2.24) is 14.8 Å². The van der Waals surface area contributed by atoms with E-state index in [9.17, 15) is 23.1 Å². The molecule has 1 heterocycles. The first-order valence-electron chi connectivity index (χ1n) is 11.8. The minimum absolute atomic E-state index is 0.0557. The second-order valence-electron chi connectivity index (χ2n) is 8.46. The number of ether oxygens (including phenoxy) is 1. The van der Waals surface area contributed by atoms with Crippen molar-refractivity contribution in [2.24, 2.45) is 12.1 Å². The lowest BCUT2D eigenvalue weighted by atomic mass is 10.2. The molecule has 2 N–H and O–H groups in total. The number of methoxy groups -OCH3 is 1. The third-order valence-electron chi connectivity index (χ3n) is 6.00. The van der Waals surface area contributed by atoms with Crippen LogP contribution in [0.5, 0.6) is 11.5 Å². The number of phenols is 1. The SMILES string of the molecule is COc1cc(/C=N\NC(=O)CN(c2c(C)n(C)n(-c3ccccc3)c2=O)S(=O)(=O)c2ccccc2)ccc1O. The molecule has 0 aliphatic rings. The number of anilines is 1. The summed E-state index contributed by atoms with van der Waals surface area (Å²) in [4.78, 5) is 26.5. The molecule has 0 spiro atoms. The van der Waals surface area contributed by atoms with Crippen LogP contribution in [0.4, 0.5) is 5.69 Å². The van der Waals surface area contributed by atoms with Crippen LogP contribution >= 0.6 is 0 Å². The van der Waals surface area contributed by atoms with Crippen molar-refractivity contribution in [3.63, 3.8) is 0 Å². The fourth-order valence-corrected chi connectivity index (χ4v) is 5.46. The molecule has 0 aliphatic carbocycles. The molecule has 1 amide bonds. The summed E-state index contributed by atoms with van der Waals surface area (Å²) in [7, 11) is -1.29. The van der Waals surface area contributed by atoms with Crippen LogP contribution in [0.3, 0.4) is 0 Å². The van der Waals surface area contributed by atoms with Crippen LogP contribution in [0.1, 0.15) is 11.3 Å². The first-order chi connectivity index (χ1) is 18.6. The molecule has 0 unspecified atom stereocenters. The molecule has 4 aromatic rings. The largest absolute Gasteiger partial charge is 0.504 e. The smallest absolute Gasteiger partial charge is 0.296 e. The van der Waals surface area contributed by atoms with Crippen molar-refractivity contribution in [3.8, 4) is 17.2 Å². The number of sulfonamides is 1. The highest BCUT2D eigenvalue weighted by Crippen LogP contribution is 2.26. The van der Waals surface area contributed by atoms with Crippen molar-refractivity contribution >= 4 is 27.8 Å². The van der Waals surface area contributed by atoms with Gasteiger partial charge in [0, 0.05) is 7.05 Å². The molecule has 11 nitrogen and oxygen atoms in total. The number of carbonyl (C=O) groups is 1. The molecule has 0 fully saturated rings. The van der Waals surface area contributed by atoms with Crippen LogP contribution in [0.25, 0.3) is 5.69 Å². The summed E-state index contributed by atoms with van der Waals surface area (Å²) in [6.45, 7) is 0.903. The Morgan fingerprint density at radius 2 is 1.72 bits per heavy atom. The first kappa shape index (κ1) is 27.2. The maximum Gasteiger partial charge on any atom is 0.296 e. The number of benzene rings is 3. The summed E-state index contributed by atoms with van der Waals surface area (Å²) in [6.07, 6.45) is 1.31. The van der Waals surface area contributed by atoms with Crippen LogP contribution < -0.4 is 20.0 Å². The van der Waals surface area contributed by atoms with Crippen LogP contribution in [0, 0.1) is 6.92 Å². The van der Waals surface area contributed by atoms with Gasteiger partial charge in [-0.25, -0.2) is 22.8 Å². The van der Waals surface area contributed by atoms with Gasteiger partial charge in [0.2, 0.25) is 0 Å². The van der Waals surface area contributed by atoms with Crippen molar-refractivity contribution in [2.75, 3.05) is 18.0 Å². The molecule has 0 radical (unpaired) electrons. The van der Waals surface area contributed by atoms with Gasteiger partial charge in [0.25, 0.3) is 21.5 Å². The summed E-state index contributed by atoms with van der Waals surface area (Å²) in [5.41, 5.74) is 2.94. The van der Waals surface area contributed by atoms with Gasteiger partial charge in [-0.2, -0.15) is 5.10 Å². The number of para-hydroxylation sites is 1. The zero-order chi connectivity index (χ0) is 28.2. The third kappa shape index (κ3) is 5.55. The molecule has 202 valence electrons. The van der Waals surface area contributed by atoms with Gasteiger partial charge in [-0.3, -0.25) is 14.3 Å². The predicted molar refractivity (Wildman–Crippen MR) is 147 cm³/mol. The van der Waals surface area contributed by atoms with Gasteiger partial charge in [-0.15, -0.1) is 0 Å². The standard InChI is InChI=1S/C27H27N5O6S/c1-19-26(27(35)32(30(19)2)21-10-6-4-7-11-21)31(39(36,37)22-12-8-5-9-13-22)18-25(34)29-28-17-20-14-15-23(33)24(16-20)38-3/h4-17,33H,18H2,1-3H3,(H,29,34)/b28-17-. The quantitative estimate of drug-likeness (QED) is 0.243. The average Bonchev–Trinajstić information content (AvgIpc) is 3.16. The highest BCUT2D eigenvalue weighted by Gasteiger charge is 2.33. The lowest BCUT2D eigenvalue weighted by Gasteiger charge is -2.22. The molecule has 12 heteroatoms. The maximum absolute atomic E-state index is 13.7. The summed E-state index contributed by atoms with van der Waals surface area (Å²) in [6, 6.07) is 20.8. The van der Waals surface area contributed by atoms with Crippen molar-refractivity contribution in [2.45, 2.75) is 11.8 Å². The Labute approximate surface area is 225 Å². The van der Waals surface area contributed by atoms with Crippen LogP contribution in [0.2, 0.25) is 0 Å². The molecule has 0 saturated carbocycles. The second-order valence-corrected chi connectivity index (χ2v) is 10.3. The number of amides is 1. The normalized spacial score (nSPS) is 11.5. The first-order valence-corrected chi connectivity index (χ1v) is 13.2. The van der Waals surface area contributed by atoms with E-state index in [0.29, 0.717) is 16.9 Å². The molecule has 4 rings (SSSR count). The minimum atomic E-state index is -4.32. The summed E-state index contributed by atoms with van der Waals surface area (Å²) < 4.78 is 36.2. The van der Waals surface area contributed by atoms with E-state index in [2.05, 4.69) is 10.5 Å². The number of aromatic nitrogens is 2. The molecule has 0 atom stereocenters. The average molecular weight is 550 g/mol. The monoisotopic (exact) mass is 549 g/mol. The van der Waals surface area contributed by atoms with E-state index in [1.54, 1.807) is 68.6 Å². The van der Waals surface area contributed by atoms with Crippen LogP contribution in [0.15, 0.2) is 93.7 Å². The van der Waals surface area contributed by atoms with E-state index < -0.39 is 28.0 Å². The Bertz CT molecular complexity index is 1680. The molecule has 1 aromatic heterocycles. The summed E-state index contributed by atoms with van der Waals surface area (Å²) >= 11 is 0. The molecule has 0 aliphatic heterocycles. The minimum Gasteiger partial charge on any atom is -0.504 e. The highest BCUT2D eigenvalue weighted by atomic mass is 32.2. The lowest BCUT2D eigenvalue weighted by molar-refractivity contribution is -0.119. The topological polar surface area (TPSA) is 135 Å². The number of hydrazone groups is 1. The van der Waals surface area contributed by atoms with Gasteiger partial charge in [0.1, 0.15) is 12.2 Å². The zero-order valence-electron chi connectivity index (χ0n) is 21.5. The van der Waals surface area contributed by atoms with E-state index in [1.807, 2.05) is 0 Å². The maximum atomic E-state index is 13.7. The van der Waals surface area contributed by atoms with E-state index >= 15 is 0 Å². The molecule has 0 bridgehead atoms. The third-order valence-corrected chi connectivity index (χ3v) is 7.76. The van der Waals surface area contributed by atoms with E-state index in [1.165, 1.54) is 47.0 Å². The van der Waals surface area contributed by atoms with Crippen LogP contribution in [-0.2, 0) is 21.9 Å². The van der Waals surface area contributed by atoms with Crippen LogP contribution in [-0.4, -0.2) is 48.7 Å². The molecule has 3 aromatic carbocycles. The summed E-state index contributed by atoms with van der Waals surface area (Å²) in [5, 5.41) is 13.6. The fourth-order valence-electron chi connectivity index (χ4n) is 3.96. The van der Waals surface area contributed by atoms with Gasteiger partial charge in [0.15, 0.2) is 11.5 Å². The van der Waals surface area contributed by atoms with Crippen molar-refractivity contribution < 1.29 is 23.1 Å². The lowest BCUT2D eigenvalue weighted by Crippen LogP contribution is -2.42. The Kier molecular flexibility index (Phi) is 7.86. The second kappa shape index (κ2) is 11.3. The van der Waals surface area contributed by atoms with Crippen molar-refractivity contribution in [3.05, 3.63) is 100 Å². The summed E-state index contributed by atoms with van der Waals surface area (Å²) in [5.74, 6) is -0.607. The highest BCUT2D eigenvalue weighted by molar-refractivity contribution is 7.92. The number of carbonyl (C=O) groups excluding carboxylic acids is 1. The fraction of sp³-hybridized carbons (Fsp3) is 0.148. The Hall–Kier alpha value is -4.84. The van der Waals surface area contributed by atoms with Gasteiger partial charge in [-0.05, 0) is 55.0 Å². The molecular weight excluding hydrogens is 522 g/mol. The van der Waals surface area contributed by atoms with Gasteiger partial charge in [-0.1, -0.05) is 36.4 Å². The number of hydrogen-bond acceptors (Lipinski definition) is 7. The van der Waals surface area contributed by atoms with Crippen molar-refractivity contribution in [1.29, 1.82) is 0 Å². The Morgan fingerprint density at radius 1 is 1.08 bits per heavy atom. The number of aromatic hydroxyl groups is 1. The number of phenolic OH excluding ortho intramolecular Hbond substituents is 1. The molecule has 0 saturated heterocycles. The number of nitrogens with zero attached hydrogens (tertiary/aromatic N) is 4. The number of rotatable bonds is 9. The van der Waals surface area contributed by atoms with Gasteiger partial charge >= 0.3 is 0 Å². The molecular formula is C27H27N5O6S. The van der Waals surface area contributed by atoms with E-state index in [0.717, 1.165) is 4.31 Å².